The zero-order valence-corrected chi connectivity index (χ0v) is 31.7. The van der Waals surface area contributed by atoms with Gasteiger partial charge in [0.25, 0.3) is 0 Å². The summed E-state index contributed by atoms with van der Waals surface area (Å²) in [5.41, 5.74) is 0. The van der Waals surface area contributed by atoms with Crippen LogP contribution in [0.15, 0.2) is 24.3 Å². The van der Waals surface area contributed by atoms with Crippen LogP contribution in [0, 0.1) is 5.92 Å². The molecule has 9 nitrogen and oxygen atoms in total. The fourth-order valence-electron chi connectivity index (χ4n) is 6.36. The van der Waals surface area contributed by atoms with Gasteiger partial charge in [-0.1, -0.05) is 147 Å². The van der Waals surface area contributed by atoms with Gasteiger partial charge in [0.2, 0.25) is 0 Å². The van der Waals surface area contributed by atoms with Crippen LogP contribution in [-0.2, 0) is 23.8 Å². The van der Waals surface area contributed by atoms with E-state index < -0.39 is 43.3 Å². The molecule has 1 aliphatic heterocycles. The van der Waals surface area contributed by atoms with Gasteiger partial charge in [0.15, 0.2) is 12.4 Å². The van der Waals surface area contributed by atoms with Gasteiger partial charge in [-0.25, -0.2) is 0 Å². The summed E-state index contributed by atoms with van der Waals surface area (Å²) in [4.78, 5) is 24.4. The Morgan fingerprint density at radius 2 is 1.32 bits per heavy atom. The average Bonchev–Trinajstić information content (AvgIpc) is 3.09. The predicted molar refractivity (Wildman–Crippen MR) is 199 cm³/mol. The van der Waals surface area contributed by atoms with Crippen LogP contribution in [0.2, 0.25) is 0 Å². The number of hydrogen-bond donors (Lipinski definition) is 4. The van der Waals surface area contributed by atoms with E-state index in [9.17, 15) is 30.0 Å². The number of carbonyl (C=O) groups excluding carboxylic acids is 2. The molecule has 0 saturated carbocycles. The summed E-state index contributed by atoms with van der Waals surface area (Å²) in [6, 6.07) is 0. The molecule has 4 N–H and O–H groups in total. The van der Waals surface area contributed by atoms with E-state index in [-0.39, 0.29) is 31.3 Å². The van der Waals surface area contributed by atoms with E-state index in [1.807, 2.05) is 12.2 Å². The third kappa shape index (κ3) is 25.2. The number of rotatable bonds is 32. The van der Waals surface area contributed by atoms with Crippen LogP contribution in [0.3, 0.4) is 0 Å². The Balaban J connectivity index is 2.14. The second-order valence-electron chi connectivity index (χ2n) is 14.2. The first-order valence-corrected chi connectivity index (χ1v) is 20.3. The first-order valence-electron chi connectivity index (χ1n) is 20.3. The lowest BCUT2D eigenvalue weighted by Gasteiger charge is -2.36. The second kappa shape index (κ2) is 31.9. The van der Waals surface area contributed by atoms with Crippen molar-refractivity contribution in [3.63, 3.8) is 0 Å². The van der Waals surface area contributed by atoms with Crippen LogP contribution in [-0.4, -0.2) is 76.3 Å². The second-order valence-corrected chi connectivity index (χ2v) is 14.2. The molecule has 1 aliphatic rings. The summed E-state index contributed by atoms with van der Waals surface area (Å²) in [5, 5.41) is 40.3. The number of esters is 2. The van der Waals surface area contributed by atoms with E-state index >= 15 is 0 Å². The molecule has 50 heavy (non-hydrogen) atoms. The van der Waals surface area contributed by atoms with Gasteiger partial charge in [0, 0.05) is 25.2 Å². The molecule has 0 spiro atoms. The standard InChI is InChI=1S/C41H74O9/c1-3-5-7-8-9-10-11-12-13-14-15-16-17-18-24-28-40(46)49-35(32-42)33-48-39(45)27-23-20-19-22-26-36-37(44)31-41(47)50-38(36)30-29-34(43)25-21-6-4-2/h19,22,29-30,34-38,41-44,47H,3-18,20-21,23-28,31-33H2,1-2H3/b22-19-,30-29+/t34-,35-,36-,37-,38+,41?/m0/s1. The smallest absolute Gasteiger partial charge is 0.306 e. The molecule has 0 amide bonds. The Hall–Kier alpha value is -1.78. The first kappa shape index (κ1) is 46.2. The van der Waals surface area contributed by atoms with Crippen molar-refractivity contribution in [1.29, 1.82) is 0 Å². The molecule has 9 heteroatoms. The van der Waals surface area contributed by atoms with Crippen LogP contribution in [0.4, 0.5) is 0 Å². The van der Waals surface area contributed by atoms with Crippen molar-refractivity contribution < 1.29 is 44.2 Å². The van der Waals surface area contributed by atoms with Gasteiger partial charge >= 0.3 is 11.9 Å². The zero-order chi connectivity index (χ0) is 36.7. The van der Waals surface area contributed by atoms with E-state index in [1.165, 1.54) is 77.0 Å². The molecule has 0 aliphatic carbocycles. The van der Waals surface area contributed by atoms with Crippen LogP contribution >= 0.6 is 0 Å². The molecule has 1 saturated heterocycles. The van der Waals surface area contributed by atoms with Crippen molar-refractivity contribution >= 4 is 11.9 Å². The minimum atomic E-state index is -1.05. The van der Waals surface area contributed by atoms with E-state index in [0.29, 0.717) is 32.1 Å². The zero-order valence-electron chi connectivity index (χ0n) is 31.7. The monoisotopic (exact) mass is 711 g/mol. The number of aliphatic hydroxyl groups is 4. The Kier molecular flexibility index (Phi) is 29.5. The van der Waals surface area contributed by atoms with Gasteiger partial charge in [0.05, 0.1) is 24.9 Å². The summed E-state index contributed by atoms with van der Waals surface area (Å²) in [6.45, 7) is 3.81. The average molecular weight is 711 g/mol. The quantitative estimate of drug-likeness (QED) is 0.0308. The van der Waals surface area contributed by atoms with Crippen molar-refractivity contribution in [3.05, 3.63) is 24.3 Å². The van der Waals surface area contributed by atoms with E-state index in [0.717, 1.165) is 38.5 Å². The molecule has 1 fully saturated rings. The third-order valence-corrected chi connectivity index (χ3v) is 9.54. The summed E-state index contributed by atoms with van der Waals surface area (Å²) >= 11 is 0. The Labute approximate surface area is 304 Å². The molecule has 0 aromatic carbocycles. The highest BCUT2D eigenvalue weighted by molar-refractivity contribution is 5.70. The molecule has 0 radical (unpaired) electrons. The minimum Gasteiger partial charge on any atom is -0.462 e. The maximum absolute atomic E-state index is 12.2. The van der Waals surface area contributed by atoms with Crippen LogP contribution in [0.1, 0.15) is 174 Å². The topological polar surface area (TPSA) is 143 Å². The molecule has 1 unspecified atom stereocenters. The highest BCUT2D eigenvalue weighted by Crippen LogP contribution is 2.29. The largest absolute Gasteiger partial charge is 0.462 e. The van der Waals surface area contributed by atoms with Gasteiger partial charge in [-0.15, -0.1) is 0 Å². The molecule has 6 atom stereocenters. The fourth-order valence-corrected chi connectivity index (χ4v) is 6.36. The lowest BCUT2D eigenvalue weighted by molar-refractivity contribution is -0.199. The van der Waals surface area contributed by atoms with Crippen molar-refractivity contribution in [3.8, 4) is 0 Å². The number of allylic oxidation sites excluding steroid dienone is 2. The normalized spacial score (nSPS) is 20.8. The van der Waals surface area contributed by atoms with Gasteiger partial charge < -0.3 is 34.6 Å². The lowest BCUT2D eigenvalue weighted by Crippen LogP contribution is -2.43. The molecule has 1 heterocycles. The lowest BCUT2D eigenvalue weighted by atomic mass is 9.87. The number of aliphatic hydroxyl groups excluding tert-OH is 4. The van der Waals surface area contributed by atoms with Gasteiger partial charge in [-0.3, -0.25) is 9.59 Å². The molecule has 292 valence electrons. The summed E-state index contributed by atoms with van der Waals surface area (Å²) < 4.78 is 16.2. The maximum Gasteiger partial charge on any atom is 0.306 e. The SMILES string of the molecule is CCCCCCCCCCCCCCCCCC(=O)O[C@@H](CO)COC(=O)CCC/C=C\C[C@H]1[C@@H](O)CC(O)O[C@@H]1/C=C/[C@@H](O)CCCCC. The minimum absolute atomic E-state index is 0.136. The fraction of sp³-hybridized carbons (Fsp3) is 0.854. The summed E-state index contributed by atoms with van der Waals surface area (Å²) in [5.74, 6) is -1.04. The summed E-state index contributed by atoms with van der Waals surface area (Å²) in [6.07, 6.45) is 28.6. The third-order valence-electron chi connectivity index (χ3n) is 9.54. The first-order chi connectivity index (χ1) is 24.3. The van der Waals surface area contributed by atoms with E-state index in [4.69, 9.17) is 14.2 Å². The summed E-state index contributed by atoms with van der Waals surface area (Å²) in [7, 11) is 0. The van der Waals surface area contributed by atoms with Crippen LogP contribution in [0.5, 0.6) is 0 Å². The molecule has 0 aromatic heterocycles. The van der Waals surface area contributed by atoms with Crippen LogP contribution in [0.25, 0.3) is 0 Å². The molecular formula is C41H74O9. The highest BCUT2D eigenvalue weighted by Gasteiger charge is 2.35. The van der Waals surface area contributed by atoms with E-state index in [2.05, 4.69) is 13.8 Å². The molecule has 1 rings (SSSR count). The highest BCUT2D eigenvalue weighted by atomic mass is 16.6. The predicted octanol–water partition coefficient (Wildman–Crippen LogP) is 8.39. The van der Waals surface area contributed by atoms with Gasteiger partial charge in [-0.05, 0) is 32.1 Å². The van der Waals surface area contributed by atoms with Crippen molar-refractivity contribution in [1.82, 2.24) is 0 Å². The maximum atomic E-state index is 12.2. The van der Waals surface area contributed by atoms with Crippen molar-refractivity contribution in [2.75, 3.05) is 13.2 Å². The number of hydrogen-bond acceptors (Lipinski definition) is 9. The van der Waals surface area contributed by atoms with Crippen molar-refractivity contribution in [2.24, 2.45) is 5.92 Å². The Bertz CT molecular complexity index is 876. The van der Waals surface area contributed by atoms with Gasteiger partial charge in [-0.2, -0.15) is 0 Å². The number of ether oxygens (including phenoxy) is 3. The van der Waals surface area contributed by atoms with Gasteiger partial charge in [0.1, 0.15) is 6.61 Å². The Morgan fingerprint density at radius 1 is 0.760 bits per heavy atom. The van der Waals surface area contributed by atoms with Crippen molar-refractivity contribution in [2.45, 2.75) is 205 Å². The number of carbonyl (C=O) groups is 2. The molecular weight excluding hydrogens is 636 g/mol. The molecule has 0 bridgehead atoms. The van der Waals surface area contributed by atoms with Crippen LogP contribution < -0.4 is 0 Å². The number of unbranched alkanes of at least 4 members (excludes halogenated alkanes) is 17. The van der Waals surface area contributed by atoms with E-state index in [1.54, 1.807) is 12.2 Å². The Morgan fingerprint density at radius 3 is 1.92 bits per heavy atom. The molecule has 0 aromatic rings.